The Balaban J connectivity index is 1.81. The maximum absolute atomic E-state index is 11.5. The molecule has 1 saturated carbocycles. The number of para-hydroxylation sites is 1. The summed E-state index contributed by atoms with van der Waals surface area (Å²) in [7, 11) is 1.44. The molecule has 0 atom stereocenters. The molecule has 0 unspecified atom stereocenters. The number of benzene rings is 1. The van der Waals surface area contributed by atoms with Crippen LogP contribution in [0.1, 0.15) is 25.7 Å². The van der Waals surface area contributed by atoms with E-state index in [2.05, 4.69) is 10.5 Å². The van der Waals surface area contributed by atoms with Crippen molar-refractivity contribution in [2.75, 3.05) is 19.0 Å². The summed E-state index contributed by atoms with van der Waals surface area (Å²) in [4.78, 5) is 22.1. The first-order valence-electron chi connectivity index (χ1n) is 6.98. The quantitative estimate of drug-likeness (QED) is 0.660. The van der Waals surface area contributed by atoms with Gasteiger partial charge in [0.15, 0.2) is 0 Å². The lowest BCUT2D eigenvalue weighted by Gasteiger charge is -2.27. The average molecular weight is 276 g/mol. The molecular weight excluding hydrogens is 256 g/mol. The smallest absolute Gasteiger partial charge is 0.308 e. The number of carbonyl (C=O) groups is 1. The van der Waals surface area contributed by atoms with Crippen LogP contribution >= 0.6 is 0 Å². The molecule has 0 aliphatic heterocycles. The Labute approximate surface area is 118 Å². The highest BCUT2D eigenvalue weighted by atomic mass is 16.5. The number of hydrogen-bond donors (Lipinski definition) is 1. The van der Waals surface area contributed by atoms with Crippen molar-refractivity contribution in [2.24, 2.45) is 17.0 Å². The average Bonchev–Trinajstić information content (AvgIpc) is 2.53. The molecule has 0 aromatic heterocycles. The number of nitroso groups, excluding NO2 is 1. The molecule has 108 valence electrons. The fourth-order valence-electron chi connectivity index (χ4n) is 2.73. The summed E-state index contributed by atoms with van der Waals surface area (Å²) in [6.45, 7) is 0.806. The normalized spacial score (nSPS) is 22.1. The number of hydrogen-bond acceptors (Lipinski definition) is 5. The SMILES string of the molecule is COC(=O)C1CCC(CNc2ccccc2N=O)CC1. The van der Waals surface area contributed by atoms with E-state index in [9.17, 15) is 9.70 Å². The van der Waals surface area contributed by atoms with Gasteiger partial charge in [-0.3, -0.25) is 4.79 Å². The number of nitrogens with zero attached hydrogens (tertiary/aromatic N) is 1. The number of ether oxygens (including phenoxy) is 1. The monoisotopic (exact) mass is 276 g/mol. The molecule has 5 nitrogen and oxygen atoms in total. The third-order valence-electron chi connectivity index (χ3n) is 3.96. The number of carbonyl (C=O) groups excluding carboxylic acids is 1. The van der Waals surface area contributed by atoms with Gasteiger partial charge in [0.05, 0.1) is 18.7 Å². The van der Waals surface area contributed by atoms with Gasteiger partial charge in [0.1, 0.15) is 5.69 Å². The van der Waals surface area contributed by atoms with Crippen LogP contribution in [0.4, 0.5) is 11.4 Å². The first-order valence-corrected chi connectivity index (χ1v) is 6.98. The largest absolute Gasteiger partial charge is 0.469 e. The topological polar surface area (TPSA) is 67.8 Å². The summed E-state index contributed by atoms with van der Waals surface area (Å²) in [6, 6.07) is 7.23. The lowest BCUT2D eigenvalue weighted by Crippen LogP contribution is -2.26. The predicted octanol–water partition coefficient (Wildman–Crippen LogP) is 3.48. The third-order valence-corrected chi connectivity index (χ3v) is 3.96. The van der Waals surface area contributed by atoms with Crippen LogP contribution in [-0.2, 0) is 9.53 Å². The van der Waals surface area contributed by atoms with Crippen molar-refractivity contribution in [3.05, 3.63) is 29.2 Å². The van der Waals surface area contributed by atoms with Gasteiger partial charge in [0, 0.05) is 6.54 Å². The van der Waals surface area contributed by atoms with Crippen molar-refractivity contribution < 1.29 is 9.53 Å². The van der Waals surface area contributed by atoms with Crippen LogP contribution in [-0.4, -0.2) is 19.6 Å². The lowest BCUT2D eigenvalue weighted by molar-refractivity contribution is -0.146. The second-order valence-electron chi connectivity index (χ2n) is 5.23. The number of methoxy groups -OCH3 is 1. The van der Waals surface area contributed by atoms with Gasteiger partial charge in [-0.15, -0.1) is 4.91 Å². The van der Waals surface area contributed by atoms with Crippen LogP contribution < -0.4 is 5.32 Å². The number of anilines is 1. The number of rotatable bonds is 5. The van der Waals surface area contributed by atoms with Crippen LogP contribution in [0.3, 0.4) is 0 Å². The predicted molar refractivity (Wildman–Crippen MR) is 77.9 cm³/mol. The van der Waals surface area contributed by atoms with Gasteiger partial charge in [-0.2, -0.15) is 0 Å². The zero-order valence-electron chi connectivity index (χ0n) is 11.7. The second-order valence-corrected chi connectivity index (χ2v) is 5.23. The maximum atomic E-state index is 11.5. The first kappa shape index (κ1) is 14.5. The number of esters is 1. The Morgan fingerprint density at radius 1 is 1.30 bits per heavy atom. The molecule has 5 heteroatoms. The molecule has 0 radical (unpaired) electrons. The minimum Gasteiger partial charge on any atom is -0.469 e. The molecule has 1 aromatic carbocycles. The minimum absolute atomic E-state index is 0.0557. The molecule has 1 aromatic rings. The van der Waals surface area contributed by atoms with E-state index in [1.807, 2.05) is 12.1 Å². The molecule has 0 amide bonds. The van der Waals surface area contributed by atoms with E-state index in [-0.39, 0.29) is 11.9 Å². The van der Waals surface area contributed by atoms with Crippen molar-refractivity contribution in [2.45, 2.75) is 25.7 Å². The molecule has 0 saturated heterocycles. The van der Waals surface area contributed by atoms with E-state index >= 15 is 0 Å². The summed E-state index contributed by atoms with van der Waals surface area (Å²) in [5, 5.41) is 6.29. The Morgan fingerprint density at radius 3 is 2.65 bits per heavy atom. The van der Waals surface area contributed by atoms with Gasteiger partial charge in [0.2, 0.25) is 0 Å². The van der Waals surface area contributed by atoms with Gasteiger partial charge in [-0.1, -0.05) is 12.1 Å². The van der Waals surface area contributed by atoms with E-state index in [0.717, 1.165) is 37.9 Å². The first-order chi connectivity index (χ1) is 9.74. The molecule has 1 aliphatic carbocycles. The molecular formula is C15H20N2O3. The summed E-state index contributed by atoms with van der Waals surface area (Å²) in [5.41, 5.74) is 1.22. The van der Waals surface area contributed by atoms with Crippen LogP contribution in [0.15, 0.2) is 29.4 Å². The highest BCUT2D eigenvalue weighted by Crippen LogP contribution is 2.31. The zero-order chi connectivity index (χ0) is 14.4. The molecule has 1 fully saturated rings. The minimum atomic E-state index is -0.0908. The highest BCUT2D eigenvalue weighted by molar-refractivity contribution is 5.72. The van der Waals surface area contributed by atoms with Gasteiger partial charge in [0.25, 0.3) is 0 Å². The van der Waals surface area contributed by atoms with Crippen LogP contribution in [0.25, 0.3) is 0 Å². The molecule has 0 heterocycles. The standard InChI is InChI=1S/C15H20N2O3/c1-20-15(18)12-8-6-11(7-9-12)10-16-13-4-2-3-5-14(13)17-19/h2-5,11-12,16H,6-10H2,1H3. The molecule has 1 N–H and O–H groups in total. The van der Waals surface area contributed by atoms with Crippen molar-refractivity contribution >= 4 is 17.3 Å². The van der Waals surface area contributed by atoms with E-state index in [1.165, 1.54) is 7.11 Å². The van der Waals surface area contributed by atoms with Crippen molar-refractivity contribution in [3.63, 3.8) is 0 Å². The lowest BCUT2D eigenvalue weighted by atomic mass is 9.82. The van der Waals surface area contributed by atoms with Gasteiger partial charge >= 0.3 is 5.97 Å². The van der Waals surface area contributed by atoms with E-state index in [1.54, 1.807) is 12.1 Å². The van der Waals surface area contributed by atoms with Crippen LogP contribution in [0.2, 0.25) is 0 Å². The Bertz CT molecular complexity index is 468. The Kier molecular flexibility index (Phi) is 5.09. The highest BCUT2D eigenvalue weighted by Gasteiger charge is 2.26. The van der Waals surface area contributed by atoms with Gasteiger partial charge in [-0.25, -0.2) is 0 Å². The molecule has 2 rings (SSSR count). The summed E-state index contributed by atoms with van der Waals surface area (Å²) in [5.74, 6) is 0.489. The fraction of sp³-hybridized carbons (Fsp3) is 0.533. The van der Waals surface area contributed by atoms with Crippen LogP contribution in [0, 0.1) is 16.7 Å². The van der Waals surface area contributed by atoms with Gasteiger partial charge in [-0.05, 0) is 48.9 Å². The molecule has 1 aliphatic rings. The van der Waals surface area contributed by atoms with Gasteiger partial charge < -0.3 is 10.1 Å². The molecule has 0 bridgehead atoms. The second kappa shape index (κ2) is 7.03. The van der Waals surface area contributed by atoms with Crippen molar-refractivity contribution in [1.82, 2.24) is 0 Å². The van der Waals surface area contributed by atoms with Crippen molar-refractivity contribution in [3.8, 4) is 0 Å². The van der Waals surface area contributed by atoms with E-state index < -0.39 is 0 Å². The fourth-order valence-corrected chi connectivity index (χ4v) is 2.73. The summed E-state index contributed by atoms with van der Waals surface area (Å²) >= 11 is 0. The Morgan fingerprint density at radius 2 is 2.00 bits per heavy atom. The van der Waals surface area contributed by atoms with Crippen molar-refractivity contribution in [1.29, 1.82) is 0 Å². The van der Waals surface area contributed by atoms with E-state index in [4.69, 9.17) is 4.74 Å². The number of nitrogens with one attached hydrogen (secondary N) is 1. The zero-order valence-corrected chi connectivity index (χ0v) is 11.7. The molecule has 20 heavy (non-hydrogen) atoms. The van der Waals surface area contributed by atoms with E-state index in [0.29, 0.717) is 11.6 Å². The summed E-state index contributed by atoms with van der Waals surface area (Å²) < 4.78 is 4.78. The summed E-state index contributed by atoms with van der Waals surface area (Å²) in [6.07, 6.45) is 3.77. The third kappa shape index (κ3) is 3.56. The van der Waals surface area contributed by atoms with Crippen LogP contribution in [0.5, 0.6) is 0 Å². The maximum Gasteiger partial charge on any atom is 0.308 e. The molecule has 0 spiro atoms. The Hall–Kier alpha value is -1.91.